The van der Waals surface area contributed by atoms with E-state index in [1.54, 1.807) is 19.1 Å². The lowest BCUT2D eigenvalue weighted by atomic mass is 9.94. The zero-order chi connectivity index (χ0) is 15.5. The van der Waals surface area contributed by atoms with Crippen molar-refractivity contribution in [3.63, 3.8) is 0 Å². The van der Waals surface area contributed by atoms with E-state index in [1.165, 1.54) is 0 Å². The maximum Gasteiger partial charge on any atom is 0.264 e. The number of benzene rings is 1. The van der Waals surface area contributed by atoms with Crippen LogP contribution in [0.25, 0.3) is 0 Å². The van der Waals surface area contributed by atoms with Crippen LogP contribution in [0.3, 0.4) is 0 Å². The fourth-order valence-electron chi connectivity index (χ4n) is 2.49. The summed E-state index contributed by atoms with van der Waals surface area (Å²) in [5, 5.41) is 12.9. The molecule has 1 aromatic carbocycles. The molecule has 1 aliphatic heterocycles. The Bertz CT molecular complexity index is 499. The number of amides is 1. The number of ether oxygens (including phenoxy) is 2. The molecule has 1 aliphatic rings. The minimum Gasteiger partial charge on any atom is -0.485 e. The van der Waals surface area contributed by atoms with Crippen LogP contribution in [0.15, 0.2) is 24.3 Å². The molecule has 2 rings (SSSR count). The maximum atomic E-state index is 12.1. The van der Waals surface area contributed by atoms with Crippen LogP contribution >= 0.6 is 0 Å². The van der Waals surface area contributed by atoms with Crippen molar-refractivity contribution in [2.24, 2.45) is 5.92 Å². The van der Waals surface area contributed by atoms with E-state index in [9.17, 15) is 9.90 Å². The zero-order valence-corrected chi connectivity index (χ0v) is 12.8. The van der Waals surface area contributed by atoms with E-state index in [0.29, 0.717) is 23.8 Å². The van der Waals surface area contributed by atoms with E-state index in [2.05, 4.69) is 5.32 Å². The highest BCUT2D eigenvalue weighted by molar-refractivity contribution is 5.81. The molecule has 0 bridgehead atoms. The van der Waals surface area contributed by atoms with Crippen LogP contribution in [-0.2, 0) is 4.79 Å². The largest absolute Gasteiger partial charge is 0.485 e. The molecule has 5 heteroatoms. The highest BCUT2D eigenvalue weighted by Crippen LogP contribution is 2.30. The minimum atomic E-state index is -0.919. The maximum absolute atomic E-state index is 12.1. The molecule has 5 nitrogen and oxygen atoms in total. The van der Waals surface area contributed by atoms with Gasteiger partial charge in [-0.3, -0.25) is 4.79 Å². The number of carbonyl (C=O) groups is 1. The Hall–Kier alpha value is -1.75. The van der Waals surface area contributed by atoms with E-state index in [0.717, 1.165) is 0 Å². The van der Waals surface area contributed by atoms with Gasteiger partial charge in [0.15, 0.2) is 11.5 Å². The van der Waals surface area contributed by atoms with Crippen molar-refractivity contribution in [1.29, 1.82) is 0 Å². The number of aliphatic hydroxyl groups is 1. The van der Waals surface area contributed by atoms with Crippen molar-refractivity contribution in [3.8, 4) is 11.5 Å². The van der Waals surface area contributed by atoms with E-state index < -0.39 is 11.7 Å². The summed E-state index contributed by atoms with van der Waals surface area (Å²) >= 11 is 0. The first-order valence-electron chi connectivity index (χ1n) is 7.26. The molecule has 0 fully saturated rings. The van der Waals surface area contributed by atoms with Crippen molar-refractivity contribution in [2.75, 3.05) is 13.2 Å². The fraction of sp³-hybridized carbons (Fsp3) is 0.562. The van der Waals surface area contributed by atoms with Crippen LogP contribution in [0.5, 0.6) is 11.5 Å². The second-order valence-corrected chi connectivity index (χ2v) is 6.18. The fourth-order valence-corrected chi connectivity index (χ4v) is 2.49. The molecule has 0 radical (unpaired) electrons. The number of hydrogen-bond donors (Lipinski definition) is 2. The molecule has 1 aromatic rings. The molecule has 2 N–H and O–H groups in total. The lowest BCUT2D eigenvalue weighted by Gasteiger charge is -2.29. The molecule has 0 aromatic heterocycles. The highest BCUT2D eigenvalue weighted by Gasteiger charge is 2.29. The molecule has 0 saturated heterocycles. The van der Waals surface area contributed by atoms with Crippen LogP contribution in [0, 0.1) is 5.92 Å². The molecule has 0 saturated carbocycles. The zero-order valence-electron chi connectivity index (χ0n) is 12.8. The van der Waals surface area contributed by atoms with Gasteiger partial charge in [-0.25, -0.2) is 0 Å². The Morgan fingerprint density at radius 2 is 2.10 bits per heavy atom. The van der Waals surface area contributed by atoms with Crippen LogP contribution in [0.1, 0.15) is 27.2 Å². The standard InChI is InChI=1S/C16H23NO4/c1-11(2)8-16(3,19)10-17-15(18)14-9-20-12-6-4-5-7-13(12)21-14/h4-7,11,14,19H,8-10H2,1-3H3,(H,17,18). The smallest absolute Gasteiger partial charge is 0.264 e. The molecule has 0 spiro atoms. The summed E-state index contributed by atoms with van der Waals surface area (Å²) < 4.78 is 11.1. The van der Waals surface area contributed by atoms with Gasteiger partial charge < -0.3 is 19.9 Å². The van der Waals surface area contributed by atoms with Crippen molar-refractivity contribution in [3.05, 3.63) is 24.3 Å². The number of nitrogens with one attached hydrogen (secondary N) is 1. The summed E-state index contributed by atoms with van der Waals surface area (Å²) in [6.07, 6.45) is -0.0623. The van der Waals surface area contributed by atoms with Crippen LogP contribution < -0.4 is 14.8 Å². The highest BCUT2D eigenvalue weighted by atomic mass is 16.6. The first-order valence-corrected chi connectivity index (χ1v) is 7.26. The molecule has 0 aliphatic carbocycles. The topological polar surface area (TPSA) is 67.8 Å². The third-order valence-electron chi connectivity index (χ3n) is 3.29. The van der Waals surface area contributed by atoms with E-state index in [-0.39, 0.29) is 19.1 Å². The second kappa shape index (κ2) is 6.35. The van der Waals surface area contributed by atoms with Crippen LogP contribution in [0.2, 0.25) is 0 Å². The number of para-hydroxylation sites is 2. The Kier molecular flexibility index (Phi) is 4.73. The number of carbonyl (C=O) groups excluding carboxylic acids is 1. The molecule has 1 amide bonds. The monoisotopic (exact) mass is 293 g/mol. The van der Waals surface area contributed by atoms with E-state index in [4.69, 9.17) is 9.47 Å². The van der Waals surface area contributed by atoms with Crippen molar-refractivity contribution in [2.45, 2.75) is 38.9 Å². The lowest BCUT2D eigenvalue weighted by molar-refractivity contribution is -0.131. The van der Waals surface area contributed by atoms with Gasteiger partial charge in [-0.15, -0.1) is 0 Å². The van der Waals surface area contributed by atoms with Gasteiger partial charge in [0.25, 0.3) is 5.91 Å². The Morgan fingerprint density at radius 3 is 2.76 bits per heavy atom. The van der Waals surface area contributed by atoms with Crippen LogP contribution in [-0.4, -0.2) is 35.9 Å². The SMILES string of the molecule is CC(C)CC(C)(O)CNC(=O)C1COc2ccccc2O1. The molecule has 1 heterocycles. The summed E-state index contributed by atoms with van der Waals surface area (Å²) in [4.78, 5) is 12.1. The van der Waals surface area contributed by atoms with Crippen molar-refractivity contribution >= 4 is 5.91 Å². The van der Waals surface area contributed by atoms with Gasteiger partial charge in [0.2, 0.25) is 6.10 Å². The summed E-state index contributed by atoms with van der Waals surface area (Å²) in [7, 11) is 0. The second-order valence-electron chi connectivity index (χ2n) is 6.18. The summed E-state index contributed by atoms with van der Waals surface area (Å²) in [6, 6.07) is 7.25. The normalized spacial score (nSPS) is 20.0. The number of fused-ring (bicyclic) bond motifs is 1. The molecular formula is C16H23NO4. The van der Waals surface area contributed by atoms with E-state index >= 15 is 0 Å². The lowest BCUT2D eigenvalue weighted by Crippen LogP contribution is -2.49. The molecule has 21 heavy (non-hydrogen) atoms. The van der Waals surface area contributed by atoms with Gasteiger partial charge >= 0.3 is 0 Å². The number of hydrogen-bond acceptors (Lipinski definition) is 4. The Morgan fingerprint density at radius 1 is 1.43 bits per heavy atom. The molecule has 2 unspecified atom stereocenters. The predicted octanol–water partition coefficient (Wildman–Crippen LogP) is 1.74. The third-order valence-corrected chi connectivity index (χ3v) is 3.29. The average Bonchev–Trinajstić information content (AvgIpc) is 2.43. The van der Waals surface area contributed by atoms with Gasteiger partial charge in [0.1, 0.15) is 6.61 Å². The summed E-state index contributed by atoms with van der Waals surface area (Å²) in [5.41, 5.74) is -0.919. The number of rotatable bonds is 5. The molecular weight excluding hydrogens is 270 g/mol. The van der Waals surface area contributed by atoms with Crippen molar-refractivity contribution in [1.82, 2.24) is 5.32 Å². The van der Waals surface area contributed by atoms with Gasteiger partial charge in [0, 0.05) is 6.54 Å². The van der Waals surface area contributed by atoms with Crippen molar-refractivity contribution < 1.29 is 19.4 Å². The van der Waals surface area contributed by atoms with Crippen LogP contribution in [0.4, 0.5) is 0 Å². The van der Waals surface area contributed by atoms with E-state index in [1.807, 2.05) is 26.0 Å². The minimum absolute atomic E-state index is 0.176. The average molecular weight is 293 g/mol. The summed E-state index contributed by atoms with van der Waals surface area (Å²) in [6.45, 7) is 6.16. The predicted molar refractivity (Wildman–Crippen MR) is 79.4 cm³/mol. The summed E-state index contributed by atoms with van der Waals surface area (Å²) in [5.74, 6) is 1.30. The Labute approximate surface area is 125 Å². The Balaban J connectivity index is 1.88. The first kappa shape index (κ1) is 15.6. The quantitative estimate of drug-likeness (QED) is 0.868. The third kappa shape index (κ3) is 4.36. The van der Waals surface area contributed by atoms with Gasteiger partial charge in [0.05, 0.1) is 5.60 Å². The van der Waals surface area contributed by atoms with Gasteiger partial charge in [-0.1, -0.05) is 26.0 Å². The molecule has 2 atom stereocenters. The van der Waals surface area contributed by atoms with Gasteiger partial charge in [-0.2, -0.15) is 0 Å². The molecule has 116 valence electrons. The first-order chi connectivity index (χ1) is 9.87. The van der Waals surface area contributed by atoms with Gasteiger partial charge in [-0.05, 0) is 31.4 Å².